The van der Waals surface area contributed by atoms with Crippen LogP contribution in [0.3, 0.4) is 0 Å². The average Bonchev–Trinajstić information content (AvgIpc) is 3.02. The Morgan fingerprint density at radius 1 is 1.42 bits per heavy atom. The third-order valence-electron chi connectivity index (χ3n) is 4.38. The molecule has 0 spiro atoms. The van der Waals surface area contributed by atoms with E-state index in [2.05, 4.69) is 24.1 Å². The van der Waals surface area contributed by atoms with Gasteiger partial charge in [0.25, 0.3) is 5.91 Å². The molecule has 2 atom stereocenters. The van der Waals surface area contributed by atoms with Crippen LogP contribution in [-0.2, 0) is 4.74 Å². The summed E-state index contributed by atoms with van der Waals surface area (Å²) < 4.78 is 5.78. The normalized spacial score (nSPS) is 21.0. The van der Waals surface area contributed by atoms with Crippen molar-refractivity contribution in [2.75, 3.05) is 6.61 Å². The molecule has 128 valence electrons. The summed E-state index contributed by atoms with van der Waals surface area (Å²) in [5.74, 6) is 0.459. The third kappa shape index (κ3) is 4.02. The highest BCUT2D eigenvalue weighted by Gasteiger charge is 2.26. The molecular formula is C19H24N2O2S. The van der Waals surface area contributed by atoms with Crippen molar-refractivity contribution in [1.82, 2.24) is 10.3 Å². The zero-order valence-corrected chi connectivity index (χ0v) is 15.2. The van der Waals surface area contributed by atoms with Gasteiger partial charge in [-0.3, -0.25) is 4.79 Å². The van der Waals surface area contributed by atoms with Crippen molar-refractivity contribution in [3.8, 4) is 10.6 Å². The van der Waals surface area contributed by atoms with E-state index in [4.69, 9.17) is 4.74 Å². The van der Waals surface area contributed by atoms with Crippen LogP contribution >= 0.6 is 11.3 Å². The van der Waals surface area contributed by atoms with E-state index in [0.29, 0.717) is 18.1 Å². The predicted octanol–water partition coefficient (Wildman–Crippen LogP) is 4.05. The van der Waals surface area contributed by atoms with Gasteiger partial charge in [-0.05, 0) is 37.8 Å². The number of rotatable bonds is 4. The Morgan fingerprint density at radius 3 is 2.96 bits per heavy atom. The van der Waals surface area contributed by atoms with Crippen molar-refractivity contribution in [3.05, 3.63) is 40.9 Å². The van der Waals surface area contributed by atoms with E-state index in [1.165, 1.54) is 0 Å². The highest BCUT2D eigenvalue weighted by Crippen LogP contribution is 2.25. The zero-order valence-electron chi connectivity index (χ0n) is 14.4. The lowest BCUT2D eigenvalue weighted by Gasteiger charge is -2.32. The van der Waals surface area contributed by atoms with Crippen LogP contribution in [0.4, 0.5) is 0 Å². The molecule has 1 fully saturated rings. The van der Waals surface area contributed by atoms with Crippen LogP contribution in [0.1, 0.15) is 42.7 Å². The minimum absolute atomic E-state index is 0.0143. The Kier molecular flexibility index (Phi) is 5.31. The maximum absolute atomic E-state index is 12.6. The number of benzene rings is 1. The molecule has 2 aromatic rings. The summed E-state index contributed by atoms with van der Waals surface area (Å²) in [4.78, 5) is 17.1. The van der Waals surface area contributed by atoms with Crippen molar-refractivity contribution in [3.63, 3.8) is 0 Å². The fraction of sp³-hybridized carbons (Fsp3) is 0.474. The smallest absolute Gasteiger partial charge is 0.251 e. The Morgan fingerprint density at radius 2 is 2.25 bits per heavy atom. The number of nitrogens with zero attached hydrogens (tertiary/aromatic N) is 1. The summed E-state index contributed by atoms with van der Waals surface area (Å²) in [6, 6.07) is 7.88. The number of thiazole rings is 1. The molecule has 3 rings (SSSR count). The number of aromatic nitrogens is 1. The number of ether oxygens (including phenoxy) is 1. The van der Waals surface area contributed by atoms with Crippen molar-refractivity contribution in [1.29, 1.82) is 0 Å². The quantitative estimate of drug-likeness (QED) is 0.910. The van der Waals surface area contributed by atoms with E-state index in [-0.39, 0.29) is 18.1 Å². The zero-order chi connectivity index (χ0) is 17.1. The van der Waals surface area contributed by atoms with Gasteiger partial charge in [-0.15, -0.1) is 11.3 Å². The van der Waals surface area contributed by atoms with Crippen molar-refractivity contribution in [2.45, 2.75) is 45.8 Å². The maximum atomic E-state index is 12.6. The molecule has 1 saturated heterocycles. The van der Waals surface area contributed by atoms with Crippen LogP contribution in [-0.4, -0.2) is 29.6 Å². The van der Waals surface area contributed by atoms with Crippen molar-refractivity contribution in [2.24, 2.45) is 5.92 Å². The highest BCUT2D eigenvalue weighted by molar-refractivity contribution is 7.13. The molecule has 24 heavy (non-hydrogen) atoms. The monoisotopic (exact) mass is 344 g/mol. The predicted molar refractivity (Wildman–Crippen MR) is 97.4 cm³/mol. The number of aryl methyl sites for hydroxylation is 1. The first-order valence-corrected chi connectivity index (χ1v) is 9.36. The average molecular weight is 344 g/mol. The van der Waals surface area contributed by atoms with Crippen LogP contribution in [0.5, 0.6) is 0 Å². The van der Waals surface area contributed by atoms with E-state index in [1.807, 2.05) is 36.6 Å². The second-order valence-corrected chi connectivity index (χ2v) is 7.58. The molecule has 0 bridgehead atoms. The second-order valence-electron chi connectivity index (χ2n) is 6.72. The number of hydrogen-bond donors (Lipinski definition) is 1. The number of hydrogen-bond acceptors (Lipinski definition) is 4. The lowest BCUT2D eigenvalue weighted by atomic mass is 9.95. The summed E-state index contributed by atoms with van der Waals surface area (Å²) in [6.07, 6.45) is 1.99. The fourth-order valence-corrected chi connectivity index (χ4v) is 3.77. The summed E-state index contributed by atoms with van der Waals surface area (Å²) >= 11 is 1.60. The van der Waals surface area contributed by atoms with Gasteiger partial charge in [-0.25, -0.2) is 4.98 Å². The summed E-state index contributed by atoms with van der Waals surface area (Å²) in [5.41, 5.74) is 2.69. The lowest BCUT2D eigenvalue weighted by molar-refractivity contribution is -0.0233. The van der Waals surface area contributed by atoms with Gasteiger partial charge in [-0.1, -0.05) is 26.0 Å². The lowest BCUT2D eigenvalue weighted by Crippen LogP contribution is -2.43. The van der Waals surface area contributed by atoms with Crippen molar-refractivity contribution < 1.29 is 9.53 Å². The summed E-state index contributed by atoms with van der Waals surface area (Å²) in [5, 5.41) is 6.14. The second kappa shape index (κ2) is 7.45. The van der Waals surface area contributed by atoms with E-state index in [0.717, 1.165) is 29.1 Å². The molecule has 0 aliphatic carbocycles. The number of carbonyl (C=O) groups is 1. The number of amides is 1. The molecule has 1 aliphatic rings. The summed E-state index contributed by atoms with van der Waals surface area (Å²) in [7, 11) is 0. The van der Waals surface area contributed by atoms with Crippen LogP contribution in [0.15, 0.2) is 29.6 Å². The third-order valence-corrected chi connectivity index (χ3v) is 5.39. The van der Waals surface area contributed by atoms with Crippen LogP contribution < -0.4 is 5.32 Å². The maximum Gasteiger partial charge on any atom is 0.251 e. The SMILES string of the molecule is Cc1csc(-c2cccc(C(=O)N[C@@H]3CCO[C@H](C(C)C)C3)c2)n1. The van der Waals surface area contributed by atoms with Gasteiger partial charge in [0, 0.05) is 34.8 Å². The van der Waals surface area contributed by atoms with E-state index in [9.17, 15) is 4.79 Å². The number of carbonyl (C=O) groups excluding carboxylic acids is 1. The molecular weight excluding hydrogens is 320 g/mol. The topological polar surface area (TPSA) is 51.2 Å². The van der Waals surface area contributed by atoms with Crippen LogP contribution in [0.2, 0.25) is 0 Å². The van der Waals surface area contributed by atoms with E-state index in [1.54, 1.807) is 11.3 Å². The molecule has 1 aromatic heterocycles. The largest absolute Gasteiger partial charge is 0.378 e. The molecule has 4 nitrogen and oxygen atoms in total. The Bertz CT molecular complexity index is 711. The molecule has 1 amide bonds. The van der Waals surface area contributed by atoms with Gasteiger partial charge in [-0.2, -0.15) is 0 Å². The fourth-order valence-electron chi connectivity index (χ4n) is 2.97. The highest BCUT2D eigenvalue weighted by atomic mass is 32.1. The van der Waals surface area contributed by atoms with E-state index < -0.39 is 0 Å². The first-order valence-electron chi connectivity index (χ1n) is 8.48. The Hall–Kier alpha value is -1.72. The van der Waals surface area contributed by atoms with Gasteiger partial charge in [0.2, 0.25) is 0 Å². The molecule has 1 N–H and O–H groups in total. The molecule has 0 saturated carbocycles. The van der Waals surface area contributed by atoms with Gasteiger partial charge in [0.15, 0.2) is 0 Å². The first kappa shape index (κ1) is 17.1. The van der Waals surface area contributed by atoms with Crippen LogP contribution in [0.25, 0.3) is 10.6 Å². The van der Waals surface area contributed by atoms with Gasteiger partial charge in [0.1, 0.15) is 5.01 Å². The van der Waals surface area contributed by atoms with Crippen LogP contribution in [0, 0.1) is 12.8 Å². The van der Waals surface area contributed by atoms with E-state index >= 15 is 0 Å². The Labute approximate surface area is 147 Å². The molecule has 0 unspecified atom stereocenters. The minimum atomic E-state index is -0.0143. The summed E-state index contributed by atoms with van der Waals surface area (Å²) in [6.45, 7) is 7.02. The minimum Gasteiger partial charge on any atom is -0.378 e. The van der Waals surface area contributed by atoms with Gasteiger partial charge >= 0.3 is 0 Å². The Balaban J connectivity index is 1.69. The van der Waals surface area contributed by atoms with Crippen molar-refractivity contribution >= 4 is 17.2 Å². The number of nitrogens with one attached hydrogen (secondary N) is 1. The molecule has 5 heteroatoms. The molecule has 2 heterocycles. The standard InChI is InChI=1S/C19H24N2O2S/c1-12(2)17-10-16(7-8-23-17)21-18(22)14-5-4-6-15(9-14)19-20-13(3)11-24-19/h4-6,9,11-12,16-17H,7-8,10H2,1-3H3,(H,21,22)/t16-,17+/m1/s1. The first-order chi connectivity index (χ1) is 11.5. The van der Waals surface area contributed by atoms with Gasteiger partial charge < -0.3 is 10.1 Å². The van der Waals surface area contributed by atoms with Gasteiger partial charge in [0.05, 0.1) is 6.10 Å². The molecule has 0 radical (unpaired) electrons. The molecule has 1 aromatic carbocycles. The molecule has 1 aliphatic heterocycles.